The molecule has 0 spiro atoms. The maximum absolute atomic E-state index is 11.1. The zero-order valence-electron chi connectivity index (χ0n) is 9.51. The van der Waals surface area contributed by atoms with E-state index in [0.29, 0.717) is 0 Å². The minimum absolute atomic E-state index is 0.0763. The Morgan fingerprint density at radius 2 is 1.69 bits per heavy atom. The summed E-state index contributed by atoms with van der Waals surface area (Å²) < 4.78 is 9.62. The van der Waals surface area contributed by atoms with Gasteiger partial charge in [0.25, 0.3) is 0 Å². The molecule has 0 bridgehead atoms. The summed E-state index contributed by atoms with van der Waals surface area (Å²) in [5.74, 6) is 0. The van der Waals surface area contributed by atoms with Crippen molar-refractivity contribution >= 4 is 12.2 Å². The molecule has 1 aliphatic rings. The van der Waals surface area contributed by atoms with Crippen molar-refractivity contribution in [3.8, 4) is 0 Å². The van der Waals surface area contributed by atoms with Crippen molar-refractivity contribution in [2.24, 2.45) is 10.2 Å². The Hall–Kier alpha value is -1.46. The first kappa shape index (κ1) is 12.6. The van der Waals surface area contributed by atoms with Crippen LogP contribution >= 0.6 is 0 Å². The Morgan fingerprint density at radius 3 is 2.25 bits per heavy atom. The zero-order chi connectivity index (χ0) is 12.0. The van der Waals surface area contributed by atoms with Gasteiger partial charge in [-0.1, -0.05) is 10.2 Å². The van der Waals surface area contributed by atoms with E-state index in [9.17, 15) is 9.59 Å². The van der Waals surface area contributed by atoms with Gasteiger partial charge in [0, 0.05) is 0 Å². The normalized spacial score (nSPS) is 16.9. The van der Waals surface area contributed by atoms with Gasteiger partial charge in [-0.2, -0.15) is 0 Å². The third-order valence-corrected chi connectivity index (χ3v) is 2.12. The topological polar surface area (TPSA) is 77.3 Å². The number of azo groups is 1. The Bertz CT molecular complexity index is 283. The maximum atomic E-state index is 11.1. The van der Waals surface area contributed by atoms with E-state index >= 15 is 0 Å². The lowest BCUT2D eigenvalue weighted by molar-refractivity contribution is 0.105. The van der Waals surface area contributed by atoms with E-state index in [4.69, 9.17) is 4.74 Å². The van der Waals surface area contributed by atoms with E-state index in [2.05, 4.69) is 15.0 Å². The van der Waals surface area contributed by atoms with Crippen molar-refractivity contribution in [2.45, 2.75) is 51.7 Å². The molecule has 0 saturated heterocycles. The van der Waals surface area contributed by atoms with Crippen LogP contribution in [0.25, 0.3) is 0 Å². The highest BCUT2D eigenvalue weighted by Gasteiger charge is 2.19. The minimum Gasteiger partial charge on any atom is -0.444 e. The van der Waals surface area contributed by atoms with Crippen LogP contribution in [0.5, 0.6) is 0 Å². The fourth-order valence-electron chi connectivity index (χ4n) is 1.48. The quantitative estimate of drug-likeness (QED) is 0.680. The van der Waals surface area contributed by atoms with Crippen LogP contribution in [-0.4, -0.2) is 24.4 Å². The maximum Gasteiger partial charge on any atom is 0.452 e. The highest BCUT2D eigenvalue weighted by atomic mass is 16.6. The second-order valence-corrected chi connectivity index (χ2v) is 3.92. The van der Waals surface area contributed by atoms with Gasteiger partial charge in [-0.25, -0.2) is 9.59 Å². The molecule has 6 nitrogen and oxygen atoms in total. The van der Waals surface area contributed by atoms with Crippen LogP contribution in [-0.2, 0) is 9.47 Å². The van der Waals surface area contributed by atoms with Crippen LogP contribution in [0.4, 0.5) is 9.59 Å². The molecule has 0 heterocycles. The highest BCUT2D eigenvalue weighted by Crippen LogP contribution is 2.21. The van der Waals surface area contributed by atoms with Crippen molar-refractivity contribution in [2.75, 3.05) is 0 Å². The van der Waals surface area contributed by atoms with Gasteiger partial charge in [0.15, 0.2) is 0 Å². The molecule has 0 aromatic carbocycles. The summed E-state index contributed by atoms with van der Waals surface area (Å²) in [6.07, 6.45) is 1.78. The van der Waals surface area contributed by atoms with Gasteiger partial charge in [0.2, 0.25) is 0 Å². The van der Waals surface area contributed by atoms with Crippen molar-refractivity contribution < 1.29 is 19.1 Å². The third-order valence-electron chi connectivity index (χ3n) is 2.12. The van der Waals surface area contributed by atoms with Gasteiger partial charge in [0.05, 0.1) is 6.10 Å². The molecule has 1 saturated carbocycles. The van der Waals surface area contributed by atoms with Crippen molar-refractivity contribution in [1.82, 2.24) is 0 Å². The molecule has 0 aromatic heterocycles. The molecule has 0 unspecified atom stereocenters. The number of amides is 2. The number of hydrogen-bond donors (Lipinski definition) is 0. The average Bonchev–Trinajstić information content (AvgIpc) is 2.66. The van der Waals surface area contributed by atoms with Gasteiger partial charge < -0.3 is 9.47 Å². The van der Waals surface area contributed by atoms with Crippen LogP contribution in [0.3, 0.4) is 0 Å². The van der Waals surface area contributed by atoms with Gasteiger partial charge in [0.1, 0.15) is 6.10 Å². The minimum atomic E-state index is -0.877. The molecular weight excluding hydrogens is 212 g/mol. The fourth-order valence-corrected chi connectivity index (χ4v) is 1.48. The Morgan fingerprint density at radius 1 is 1.12 bits per heavy atom. The molecule has 0 atom stereocenters. The van der Waals surface area contributed by atoms with E-state index in [1.807, 2.05) is 0 Å². The van der Waals surface area contributed by atoms with E-state index in [1.165, 1.54) is 0 Å². The van der Waals surface area contributed by atoms with Gasteiger partial charge in [-0.15, -0.1) is 0 Å². The Kier molecular flexibility index (Phi) is 4.88. The first-order valence-electron chi connectivity index (χ1n) is 5.41. The standard InChI is InChI=1S/C10H16N2O4/c1-7(2)15-9(13)11-12-10(14)16-8-5-3-4-6-8/h7-8H,3-6H2,1-2H3/b12-11+. The Balaban J connectivity index is 2.26. The van der Waals surface area contributed by atoms with Crippen LogP contribution in [0, 0.1) is 0 Å². The molecule has 0 aliphatic heterocycles. The summed E-state index contributed by atoms with van der Waals surface area (Å²) in [5.41, 5.74) is 0. The number of carbonyl (C=O) groups excluding carboxylic acids is 2. The van der Waals surface area contributed by atoms with Gasteiger partial charge in [-0.3, -0.25) is 0 Å². The predicted octanol–water partition coefficient (Wildman–Crippen LogP) is 3.06. The van der Waals surface area contributed by atoms with Gasteiger partial charge in [-0.05, 0) is 39.5 Å². The summed E-state index contributed by atoms with van der Waals surface area (Å²) in [7, 11) is 0. The molecule has 16 heavy (non-hydrogen) atoms. The molecule has 0 aromatic rings. The molecule has 0 N–H and O–H groups in total. The van der Waals surface area contributed by atoms with Crippen LogP contribution in [0.15, 0.2) is 10.2 Å². The molecule has 0 radical (unpaired) electrons. The lowest BCUT2D eigenvalue weighted by Gasteiger charge is -2.07. The summed E-state index contributed by atoms with van der Waals surface area (Å²) in [6, 6.07) is 0. The molecule has 1 rings (SSSR count). The van der Waals surface area contributed by atoms with Crippen molar-refractivity contribution in [1.29, 1.82) is 0 Å². The molecular formula is C10H16N2O4. The zero-order valence-corrected chi connectivity index (χ0v) is 9.51. The Labute approximate surface area is 94.0 Å². The van der Waals surface area contributed by atoms with Crippen molar-refractivity contribution in [3.05, 3.63) is 0 Å². The smallest absolute Gasteiger partial charge is 0.444 e. The van der Waals surface area contributed by atoms with E-state index < -0.39 is 12.2 Å². The number of ether oxygens (including phenoxy) is 2. The largest absolute Gasteiger partial charge is 0.452 e. The highest BCUT2D eigenvalue weighted by molar-refractivity contribution is 5.73. The molecule has 1 fully saturated rings. The fraction of sp³-hybridized carbons (Fsp3) is 0.800. The summed E-state index contributed by atoms with van der Waals surface area (Å²) in [4.78, 5) is 22.0. The SMILES string of the molecule is CC(C)OC(=O)/N=N/C(=O)OC1CCCC1. The lowest BCUT2D eigenvalue weighted by Crippen LogP contribution is -2.12. The predicted molar refractivity (Wildman–Crippen MR) is 55.2 cm³/mol. The van der Waals surface area contributed by atoms with Crippen molar-refractivity contribution in [3.63, 3.8) is 0 Å². The van der Waals surface area contributed by atoms with E-state index in [0.717, 1.165) is 25.7 Å². The lowest BCUT2D eigenvalue weighted by atomic mass is 10.3. The summed E-state index contributed by atoms with van der Waals surface area (Å²) in [5, 5.41) is 6.23. The van der Waals surface area contributed by atoms with Crippen LogP contribution in [0.2, 0.25) is 0 Å². The number of rotatable bonds is 2. The molecule has 2 amide bonds. The average molecular weight is 228 g/mol. The number of hydrogen-bond acceptors (Lipinski definition) is 4. The van der Waals surface area contributed by atoms with E-state index in [-0.39, 0.29) is 12.2 Å². The second kappa shape index (κ2) is 6.19. The van der Waals surface area contributed by atoms with Crippen LogP contribution in [0.1, 0.15) is 39.5 Å². The van der Waals surface area contributed by atoms with E-state index in [1.54, 1.807) is 13.8 Å². The number of carbonyl (C=O) groups is 2. The summed E-state index contributed by atoms with van der Waals surface area (Å²) >= 11 is 0. The van der Waals surface area contributed by atoms with Gasteiger partial charge >= 0.3 is 12.2 Å². The molecule has 90 valence electrons. The second-order valence-electron chi connectivity index (χ2n) is 3.92. The third kappa shape index (κ3) is 4.86. The van der Waals surface area contributed by atoms with Crippen LogP contribution < -0.4 is 0 Å². The monoisotopic (exact) mass is 228 g/mol. The first-order chi connectivity index (χ1) is 7.58. The molecule has 6 heteroatoms. The number of nitrogens with zero attached hydrogens (tertiary/aromatic N) is 2. The summed E-state index contributed by atoms with van der Waals surface area (Å²) in [6.45, 7) is 3.37. The molecule has 1 aliphatic carbocycles. The first-order valence-corrected chi connectivity index (χ1v) is 5.41.